The van der Waals surface area contributed by atoms with Gasteiger partial charge in [-0.15, -0.1) is 16.9 Å². The van der Waals surface area contributed by atoms with Gasteiger partial charge in [-0.25, -0.2) is 9.80 Å². The van der Waals surface area contributed by atoms with Crippen LogP contribution >= 0.6 is 35.0 Å². The second-order valence-electron chi connectivity index (χ2n) is 9.28. The van der Waals surface area contributed by atoms with E-state index in [1.807, 2.05) is 77.8 Å². The van der Waals surface area contributed by atoms with Gasteiger partial charge in [-0.05, 0) is 61.0 Å². The van der Waals surface area contributed by atoms with Gasteiger partial charge in [0.05, 0.1) is 18.0 Å². The van der Waals surface area contributed by atoms with Gasteiger partial charge in [0.1, 0.15) is 0 Å². The number of carbonyl (C=O) groups is 1. The van der Waals surface area contributed by atoms with Crippen LogP contribution in [0.4, 0.5) is 11.4 Å². The van der Waals surface area contributed by atoms with Crippen LogP contribution < -0.4 is 9.91 Å². The van der Waals surface area contributed by atoms with E-state index in [2.05, 4.69) is 35.2 Å². The molecule has 0 amide bonds. The van der Waals surface area contributed by atoms with E-state index in [4.69, 9.17) is 33.0 Å². The number of benzene rings is 4. The summed E-state index contributed by atoms with van der Waals surface area (Å²) in [5.74, 6) is -0.237. The van der Waals surface area contributed by atoms with Crippen molar-refractivity contribution < 1.29 is 9.53 Å². The minimum Gasteiger partial charge on any atom is -0.460 e. The number of ether oxygens (including phenoxy) is 1. The van der Waals surface area contributed by atoms with Crippen molar-refractivity contribution in [2.24, 2.45) is 5.10 Å². The van der Waals surface area contributed by atoms with Gasteiger partial charge >= 0.3 is 5.97 Å². The van der Waals surface area contributed by atoms with Crippen LogP contribution in [0, 0.1) is 0 Å². The van der Waals surface area contributed by atoms with Crippen molar-refractivity contribution in [1.29, 1.82) is 0 Å². The van der Waals surface area contributed by atoms with Crippen LogP contribution in [-0.2, 0) is 15.2 Å². The number of hydrogen-bond acceptors (Lipinski definition) is 6. The molecule has 0 bridgehead atoms. The number of fused-ring (bicyclic) bond motifs is 3. The van der Waals surface area contributed by atoms with Gasteiger partial charge in [0.2, 0.25) is 5.84 Å². The van der Waals surface area contributed by atoms with Crippen LogP contribution in [0.2, 0.25) is 10.0 Å². The molecule has 8 heteroatoms. The zero-order chi connectivity index (χ0) is 27.0. The van der Waals surface area contributed by atoms with Crippen LogP contribution in [-0.4, -0.2) is 18.4 Å². The van der Waals surface area contributed by atoms with Crippen LogP contribution in [0.15, 0.2) is 113 Å². The average Bonchev–Trinajstić information content (AvgIpc) is 3.21. The third kappa shape index (κ3) is 4.56. The lowest BCUT2D eigenvalue weighted by Crippen LogP contribution is -2.55. The van der Waals surface area contributed by atoms with Crippen molar-refractivity contribution in [2.45, 2.75) is 29.2 Å². The molecule has 0 aliphatic carbocycles. The smallest absolute Gasteiger partial charge is 0.376 e. The number of anilines is 2. The SMILES string of the molecule is CCOC(=O)C1=NN(c2ccc(Cl)cc2)C2(c3ccccc3)CC(c3ccc(Cl)cc3)Sc3ccccc3N12. The van der Waals surface area contributed by atoms with Gasteiger partial charge in [0.15, 0.2) is 5.66 Å². The highest BCUT2D eigenvalue weighted by atomic mass is 35.5. The summed E-state index contributed by atoms with van der Waals surface area (Å²) in [7, 11) is 0. The first-order chi connectivity index (χ1) is 19.0. The molecule has 2 unspecified atom stereocenters. The summed E-state index contributed by atoms with van der Waals surface area (Å²) < 4.78 is 5.56. The molecule has 0 aromatic heterocycles. The highest BCUT2D eigenvalue weighted by Gasteiger charge is 2.56. The number of halogens is 2. The third-order valence-corrected chi connectivity index (χ3v) is 8.81. The quantitative estimate of drug-likeness (QED) is 0.225. The standard InChI is InChI=1S/C31H25Cl2N3O2S/c1-2-38-30(37)29-34-36(25-18-16-24(33)17-19-25)31(22-8-4-3-5-9-22)20-28(21-12-14-23(32)15-13-21)39-27-11-7-6-10-26(27)35(29)31/h3-19,28H,2,20H2,1H3. The van der Waals surface area contributed by atoms with Crippen LogP contribution in [0.1, 0.15) is 29.7 Å². The number of nitrogens with zero attached hydrogens (tertiary/aromatic N) is 3. The normalized spacial score (nSPS) is 20.1. The number of esters is 1. The lowest BCUT2D eigenvalue weighted by Gasteiger charge is -2.45. The molecule has 0 radical (unpaired) electrons. The molecule has 4 aromatic rings. The lowest BCUT2D eigenvalue weighted by atomic mass is 9.88. The molecule has 0 fully saturated rings. The topological polar surface area (TPSA) is 45.1 Å². The Kier molecular flexibility index (Phi) is 7.02. The fourth-order valence-electron chi connectivity index (χ4n) is 5.30. The van der Waals surface area contributed by atoms with Gasteiger partial charge < -0.3 is 4.74 Å². The van der Waals surface area contributed by atoms with E-state index >= 15 is 0 Å². The minimum atomic E-state index is -0.888. The molecule has 2 aliphatic rings. The van der Waals surface area contributed by atoms with Crippen molar-refractivity contribution in [3.05, 3.63) is 124 Å². The molecule has 39 heavy (non-hydrogen) atoms. The van der Waals surface area contributed by atoms with Crippen molar-refractivity contribution in [3.8, 4) is 0 Å². The summed E-state index contributed by atoms with van der Waals surface area (Å²) in [4.78, 5) is 16.7. The van der Waals surface area contributed by atoms with Gasteiger partial charge in [-0.3, -0.25) is 4.90 Å². The first-order valence-electron chi connectivity index (χ1n) is 12.7. The van der Waals surface area contributed by atoms with Crippen LogP contribution in [0.5, 0.6) is 0 Å². The summed E-state index contributed by atoms with van der Waals surface area (Å²) in [6, 6.07) is 33.9. The third-order valence-electron chi connectivity index (χ3n) is 6.98. The second kappa shape index (κ2) is 10.6. The fourth-order valence-corrected chi connectivity index (χ4v) is 6.90. The molecule has 196 valence electrons. The number of para-hydroxylation sites is 1. The number of thioether (sulfide) groups is 1. The van der Waals surface area contributed by atoms with E-state index in [-0.39, 0.29) is 17.7 Å². The molecular weight excluding hydrogens is 549 g/mol. The van der Waals surface area contributed by atoms with Gasteiger partial charge in [-0.1, -0.05) is 77.8 Å². The van der Waals surface area contributed by atoms with Crippen molar-refractivity contribution in [2.75, 3.05) is 16.5 Å². The van der Waals surface area contributed by atoms with Crippen molar-refractivity contribution in [1.82, 2.24) is 0 Å². The maximum Gasteiger partial charge on any atom is 0.376 e. The maximum absolute atomic E-state index is 13.6. The Hall–Kier alpha value is -3.45. The molecule has 2 heterocycles. The molecule has 0 spiro atoms. The predicted octanol–water partition coefficient (Wildman–Crippen LogP) is 8.29. The number of hydrogen-bond donors (Lipinski definition) is 0. The Balaban J connectivity index is 1.66. The van der Waals surface area contributed by atoms with Crippen LogP contribution in [0.25, 0.3) is 0 Å². The minimum absolute atomic E-state index is 0.0140. The molecule has 0 saturated heterocycles. The van der Waals surface area contributed by atoms with E-state index in [0.29, 0.717) is 16.5 Å². The maximum atomic E-state index is 13.6. The molecular formula is C31H25Cl2N3O2S. The Labute approximate surface area is 242 Å². The first-order valence-corrected chi connectivity index (χ1v) is 14.3. The summed E-state index contributed by atoms with van der Waals surface area (Å²) >= 11 is 14.3. The van der Waals surface area contributed by atoms with Crippen molar-refractivity contribution in [3.63, 3.8) is 0 Å². The predicted molar refractivity (Wildman–Crippen MR) is 160 cm³/mol. The van der Waals surface area contributed by atoms with E-state index in [0.717, 1.165) is 27.4 Å². The number of hydrazone groups is 1. The molecule has 0 saturated carbocycles. The number of rotatable bonds is 5. The highest BCUT2D eigenvalue weighted by molar-refractivity contribution is 7.99. The number of carbonyl (C=O) groups excluding carboxylic acids is 1. The average molecular weight is 575 g/mol. The van der Waals surface area contributed by atoms with E-state index < -0.39 is 11.6 Å². The Morgan fingerprint density at radius 1 is 0.923 bits per heavy atom. The number of amidine groups is 1. The molecule has 2 atom stereocenters. The van der Waals surface area contributed by atoms with E-state index in [9.17, 15) is 4.79 Å². The monoisotopic (exact) mass is 573 g/mol. The Bertz CT molecular complexity index is 1530. The van der Waals surface area contributed by atoms with Gasteiger partial charge in [0, 0.05) is 32.2 Å². The Morgan fingerprint density at radius 2 is 1.56 bits per heavy atom. The van der Waals surface area contributed by atoms with E-state index in [1.54, 1.807) is 18.7 Å². The lowest BCUT2D eigenvalue weighted by molar-refractivity contribution is -0.135. The zero-order valence-electron chi connectivity index (χ0n) is 21.1. The second-order valence-corrected chi connectivity index (χ2v) is 11.4. The molecule has 6 rings (SSSR count). The van der Waals surface area contributed by atoms with Gasteiger partial charge in [-0.2, -0.15) is 0 Å². The fraction of sp³-hybridized carbons (Fsp3) is 0.161. The summed E-state index contributed by atoms with van der Waals surface area (Å²) in [6.07, 6.45) is 0.604. The Morgan fingerprint density at radius 3 is 2.26 bits per heavy atom. The summed E-state index contributed by atoms with van der Waals surface area (Å²) in [5.41, 5.74) is 2.95. The largest absolute Gasteiger partial charge is 0.460 e. The summed E-state index contributed by atoms with van der Waals surface area (Å²) in [6.45, 7) is 2.05. The molecule has 5 nitrogen and oxygen atoms in total. The summed E-state index contributed by atoms with van der Waals surface area (Å²) in [5, 5.41) is 8.29. The molecule has 4 aromatic carbocycles. The zero-order valence-corrected chi connectivity index (χ0v) is 23.5. The first kappa shape index (κ1) is 25.8. The molecule has 2 aliphatic heterocycles. The highest BCUT2D eigenvalue weighted by Crippen LogP contribution is 2.57. The van der Waals surface area contributed by atoms with Gasteiger partial charge in [0.25, 0.3) is 0 Å². The van der Waals surface area contributed by atoms with Crippen molar-refractivity contribution >= 4 is 58.1 Å². The molecule has 0 N–H and O–H groups in total. The van der Waals surface area contributed by atoms with Crippen LogP contribution in [0.3, 0.4) is 0 Å². The van der Waals surface area contributed by atoms with E-state index in [1.165, 1.54) is 0 Å².